The van der Waals surface area contributed by atoms with Gasteiger partial charge in [0.1, 0.15) is 11.6 Å². The molecule has 1 aliphatic heterocycles. The number of carbonyl (C=O) groups excluding carboxylic acids is 1. The minimum Gasteiger partial charge on any atom is -0.338 e. The molecule has 0 atom stereocenters. The van der Waals surface area contributed by atoms with Gasteiger partial charge in [-0.1, -0.05) is 13.8 Å². The fourth-order valence-corrected chi connectivity index (χ4v) is 5.44. The SMILES string of the molecule is CC(C)c1c(C(=O)N2CCC(NS(=O)(=O)c3ccc(F)cc3)CC2)cnn1-c1ccc(F)cc1. The molecule has 1 aromatic heterocycles. The summed E-state index contributed by atoms with van der Waals surface area (Å²) in [7, 11) is -3.78. The van der Waals surface area contributed by atoms with E-state index in [1.165, 1.54) is 30.5 Å². The Labute approximate surface area is 197 Å². The van der Waals surface area contributed by atoms with E-state index >= 15 is 0 Å². The molecule has 10 heteroatoms. The fraction of sp³-hybridized carbons (Fsp3) is 0.333. The number of likely N-dealkylation sites (tertiary alicyclic amines) is 1. The van der Waals surface area contributed by atoms with Gasteiger partial charge in [-0.25, -0.2) is 26.6 Å². The third-order valence-electron chi connectivity index (χ3n) is 5.88. The van der Waals surface area contributed by atoms with Crippen molar-refractivity contribution in [2.45, 2.75) is 43.5 Å². The largest absolute Gasteiger partial charge is 0.338 e. The zero-order chi connectivity index (χ0) is 24.5. The Bertz CT molecular complexity index is 1260. The number of rotatable bonds is 6. The molecule has 1 N–H and O–H groups in total. The lowest BCUT2D eigenvalue weighted by Gasteiger charge is -2.32. The van der Waals surface area contributed by atoms with Gasteiger partial charge in [0.05, 0.1) is 28.0 Å². The highest BCUT2D eigenvalue weighted by molar-refractivity contribution is 7.89. The van der Waals surface area contributed by atoms with Gasteiger partial charge in [-0.3, -0.25) is 4.79 Å². The quantitative estimate of drug-likeness (QED) is 0.571. The fourth-order valence-electron chi connectivity index (χ4n) is 4.14. The number of carbonyl (C=O) groups is 1. The highest BCUT2D eigenvalue weighted by Crippen LogP contribution is 2.26. The molecule has 180 valence electrons. The molecule has 1 saturated heterocycles. The second-order valence-electron chi connectivity index (χ2n) is 8.63. The lowest BCUT2D eigenvalue weighted by molar-refractivity contribution is 0.0709. The van der Waals surface area contributed by atoms with Gasteiger partial charge >= 0.3 is 0 Å². The van der Waals surface area contributed by atoms with Crippen molar-refractivity contribution in [3.05, 3.63) is 77.6 Å². The van der Waals surface area contributed by atoms with Gasteiger partial charge in [0.2, 0.25) is 10.0 Å². The molecule has 7 nitrogen and oxygen atoms in total. The number of nitrogens with zero attached hydrogens (tertiary/aromatic N) is 3. The highest BCUT2D eigenvalue weighted by atomic mass is 32.2. The predicted octanol–water partition coefficient (Wildman–Crippen LogP) is 3.86. The molecule has 2 aromatic carbocycles. The Morgan fingerprint density at radius 1 is 1.00 bits per heavy atom. The van der Waals surface area contributed by atoms with Crippen LogP contribution in [0.15, 0.2) is 59.6 Å². The lowest BCUT2D eigenvalue weighted by atomic mass is 10.0. The number of amides is 1. The smallest absolute Gasteiger partial charge is 0.257 e. The van der Waals surface area contributed by atoms with Crippen LogP contribution >= 0.6 is 0 Å². The molecule has 0 spiro atoms. The van der Waals surface area contributed by atoms with Crippen LogP contribution in [0.5, 0.6) is 0 Å². The number of benzene rings is 2. The number of hydrogen-bond acceptors (Lipinski definition) is 4. The average molecular weight is 489 g/mol. The Balaban J connectivity index is 1.45. The van der Waals surface area contributed by atoms with E-state index in [0.717, 1.165) is 17.8 Å². The maximum Gasteiger partial charge on any atom is 0.257 e. The van der Waals surface area contributed by atoms with Crippen molar-refractivity contribution >= 4 is 15.9 Å². The summed E-state index contributed by atoms with van der Waals surface area (Å²) in [6.07, 6.45) is 2.44. The molecular weight excluding hydrogens is 462 g/mol. The number of sulfonamides is 1. The van der Waals surface area contributed by atoms with Crippen molar-refractivity contribution in [3.63, 3.8) is 0 Å². The second kappa shape index (κ2) is 9.63. The number of aromatic nitrogens is 2. The van der Waals surface area contributed by atoms with Crippen LogP contribution in [0, 0.1) is 11.6 Å². The van der Waals surface area contributed by atoms with Gasteiger partial charge in [-0.15, -0.1) is 0 Å². The number of halogens is 2. The van der Waals surface area contributed by atoms with Crippen LogP contribution in [0.1, 0.15) is 48.7 Å². The molecule has 1 fully saturated rings. The van der Waals surface area contributed by atoms with E-state index in [9.17, 15) is 22.0 Å². The zero-order valence-electron chi connectivity index (χ0n) is 18.9. The van der Waals surface area contributed by atoms with Crippen molar-refractivity contribution in [2.75, 3.05) is 13.1 Å². The van der Waals surface area contributed by atoms with Crippen molar-refractivity contribution in [3.8, 4) is 5.69 Å². The van der Waals surface area contributed by atoms with Crippen LogP contribution < -0.4 is 4.72 Å². The monoisotopic (exact) mass is 488 g/mol. The zero-order valence-corrected chi connectivity index (χ0v) is 19.7. The maximum atomic E-state index is 13.3. The third kappa shape index (κ3) is 5.02. The Morgan fingerprint density at radius 2 is 1.56 bits per heavy atom. The van der Waals surface area contributed by atoms with E-state index in [-0.39, 0.29) is 28.6 Å². The Hall–Kier alpha value is -3.11. The summed E-state index contributed by atoms with van der Waals surface area (Å²) in [4.78, 5) is 15.0. The van der Waals surface area contributed by atoms with Crippen LogP contribution in [0.25, 0.3) is 5.69 Å². The molecule has 4 rings (SSSR count). The highest BCUT2D eigenvalue weighted by Gasteiger charge is 2.30. The van der Waals surface area contributed by atoms with Gasteiger partial charge in [-0.2, -0.15) is 5.10 Å². The first-order chi connectivity index (χ1) is 16.2. The number of piperidine rings is 1. The first kappa shape index (κ1) is 24.0. The van der Waals surface area contributed by atoms with Crippen LogP contribution in [0.3, 0.4) is 0 Å². The van der Waals surface area contributed by atoms with E-state index in [4.69, 9.17) is 0 Å². The van der Waals surface area contributed by atoms with E-state index in [1.807, 2.05) is 13.8 Å². The van der Waals surface area contributed by atoms with Crippen molar-refractivity contribution < 1.29 is 22.0 Å². The third-order valence-corrected chi connectivity index (χ3v) is 7.42. The molecule has 3 aromatic rings. The molecule has 0 aliphatic carbocycles. The van der Waals surface area contributed by atoms with E-state index in [1.54, 1.807) is 21.7 Å². The summed E-state index contributed by atoms with van der Waals surface area (Å²) in [5.74, 6) is -1.03. The molecular formula is C24H26F2N4O3S. The maximum absolute atomic E-state index is 13.3. The minimum atomic E-state index is -3.78. The van der Waals surface area contributed by atoms with Gasteiger partial charge in [0.15, 0.2) is 0 Å². The number of nitrogens with one attached hydrogen (secondary N) is 1. The topological polar surface area (TPSA) is 84.3 Å². The van der Waals surface area contributed by atoms with Crippen molar-refractivity contribution in [1.82, 2.24) is 19.4 Å². The second-order valence-corrected chi connectivity index (χ2v) is 10.3. The van der Waals surface area contributed by atoms with Gasteiger partial charge < -0.3 is 4.90 Å². The van der Waals surface area contributed by atoms with Crippen molar-refractivity contribution in [2.24, 2.45) is 0 Å². The van der Waals surface area contributed by atoms with Crippen LogP contribution in [0.2, 0.25) is 0 Å². The predicted molar refractivity (Wildman–Crippen MR) is 123 cm³/mol. The molecule has 1 amide bonds. The molecule has 0 bridgehead atoms. The summed E-state index contributed by atoms with van der Waals surface area (Å²) < 4.78 is 55.9. The molecule has 0 saturated carbocycles. The van der Waals surface area contributed by atoms with Crippen LogP contribution in [-0.4, -0.2) is 48.1 Å². The van der Waals surface area contributed by atoms with Gasteiger partial charge in [0.25, 0.3) is 5.91 Å². The van der Waals surface area contributed by atoms with Crippen LogP contribution in [-0.2, 0) is 10.0 Å². The summed E-state index contributed by atoms with van der Waals surface area (Å²) in [6.45, 7) is 4.69. The van der Waals surface area contributed by atoms with Gasteiger partial charge in [0, 0.05) is 19.1 Å². The molecule has 0 radical (unpaired) electrons. The lowest BCUT2D eigenvalue weighted by Crippen LogP contribution is -2.46. The summed E-state index contributed by atoms with van der Waals surface area (Å²) >= 11 is 0. The Kier molecular flexibility index (Phi) is 6.81. The van der Waals surface area contributed by atoms with E-state index in [0.29, 0.717) is 37.2 Å². The summed E-state index contributed by atoms with van der Waals surface area (Å²) in [5.41, 5.74) is 1.87. The number of hydrogen-bond donors (Lipinski definition) is 1. The first-order valence-corrected chi connectivity index (χ1v) is 12.5. The van der Waals surface area contributed by atoms with E-state index < -0.39 is 15.8 Å². The standard InChI is InChI=1S/C24H26F2N4O3S/c1-16(2)23-22(15-27-30(23)20-7-3-17(25)4-8-20)24(31)29-13-11-19(12-14-29)28-34(32,33)21-9-5-18(26)6-10-21/h3-10,15-16,19,28H,11-14H2,1-2H3. The van der Waals surface area contributed by atoms with Gasteiger partial charge in [-0.05, 0) is 67.3 Å². The average Bonchev–Trinajstić information content (AvgIpc) is 3.25. The van der Waals surface area contributed by atoms with E-state index in [2.05, 4.69) is 9.82 Å². The molecule has 34 heavy (non-hydrogen) atoms. The van der Waals surface area contributed by atoms with Crippen LogP contribution in [0.4, 0.5) is 8.78 Å². The van der Waals surface area contributed by atoms with Crippen molar-refractivity contribution in [1.29, 1.82) is 0 Å². The Morgan fingerprint density at radius 3 is 2.12 bits per heavy atom. The molecule has 1 aliphatic rings. The first-order valence-electron chi connectivity index (χ1n) is 11.1. The summed E-state index contributed by atoms with van der Waals surface area (Å²) in [6, 6.07) is 10.3. The molecule has 2 heterocycles. The normalized spacial score (nSPS) is 15.1. The minimum absolute atomic E-state index is 0.00203. The summed E-state index contributed by atoms with van der Waals surface area (Å²) in [5, 5.41) is 4.38. The molecule has 0 unspecified atom stereocenters.